The standard InChI is InChI=1S/C11H18N4O2S/c1-4-12-11-14-13-9(18-11)10(16)15-5-8(3)17-6-7(15)2/h7-8H,4-6H2,1-3H3,(H,12,14). The molecule has 1 fully saturated rings. The van der Waals surface area contributed by atoms with Crippen LogP contribution in [0.25, 0.3) is 0 Å². The summed E-state index contributed by atoms with van der Waals surface area (Å²) in [7, 11) is 0. The average Bonchev–Trinajstić information content (AvgIpc) is 2.80. The molecule has 2 unspecified atom stereocenters. The maximum absolute atomic E-state index is 12.3. The third kappa shape index (κ3) is 2.78. The molecular weight excluding hydrogens is 252 g/mol. The second-order valence-electron chi connectivity index (χ2n) is 4.39. The number of hydrogen-bond acceptors (Lipinski definition) is 6. The summed E-state index contributed by atoms with van der Waals surface area (Å²) in [6, 6.07) is 0.0835. The molecule has 1 aliphatic heterocycles. The van der Waals surface area contributed by atoms with E-state index in [0.29, 0.717) is 23.3 Å². The van der Waals surface area contributed by atoms with E-state index >= 15 is 0 Å². The number of aromatic nitrogens is 2. The van der Waals surface area contributed by atoms with Crippen LogP contribution < -0.4 is 5.32 Å². The highest BCUT2D eigenvalue weighted by Gasteiger charge is 2.30. The van der Waals surface area contributed by atoms with Gasteiger partial charge in [-0.3, -0.25) is 4.79 Å². The van der Waals surface area contributed by atoms with Gasteiger partial charge in [0.15, 0.2) is 0 Å². The Balaban J connectivity index is 2.09. The van der Waals surface area contributed by atoms with Crippen LogP contribution in [0.4, 0.5) is 5.13 Å². The van der Waals surface area contributed by atoms with E-state index in [-0.39, 0.29) is 18.1 Å². The number of carbonyl (C=O) groups is 1. The van der Waals surface area contributed by atoms with Gasteiger partial charge in [-0.05, 0) is 20.8 Å². The highest BCUT2D eigenvalue weighted by molar-refractivity contribution is 7.17. The molecule has 2 heterocycles. The fraction of sp³-hybridized carbons (Fsp3) is 0.727. The van der Waals surface area contributed by atoms with Crippen LogP contribution >= 0.6 is 11.3 Å². The number of nitrogens with zero attached hydrogens (tertiary/aromatic N) is 3. The normalized spacial score (nSPS) is 24.1. The van der Waals surface area contributed by atoms with Crippen molar-refractivity contribution in [1.29, 1.82) is 0 Å². The Hall–Kier alpha value is -1.21. The van der Waals surface area contributed by atoms with Gasteiger partial charge in [0.1, 0.15) is 0 Å². The van der Waals surface area contributed by atoms with Crippen molar-refractivity contribution in [2.24, 2.45) is 0 Å². The van der Waals surface area contributed by atoms with Gasteiger partial charge in [0, 0.05) is 13.1 Å². The summed E-state index contributed by atoms with van der Waals surface area (Å²) < 4.78 is 5.51. The number of rotatable bonds is 3. The molecule has 0 saturated carbocycles. The number of morpholine rings is 1. The molecule has 0 aliphatic carbocycles. The molecule has 1 N–H and O–H groups in total. The molecule has 100 valence electrons. The Morgan fingerprint density at radius 3 is 3.06 bits per heavy atom. The fourth-order valence-electron chi connectivity index (χ4n) is 1.84. The molecule has 1 amide bonds. The van der Waals surface area contributed by atoms with E-state index in [1.165, 1.54) is 11.3 Å². The molecule has 18 heavy (non-hydrogen) atoms. The molecule has 1 aromatic heterocycles. The Kier molecular flexibility index (Phi) is 4.13. The second kappa shape index (κ2) is 5.62. The summed E-state index contributed by atoms with van der Waals surface area (Å²) in [5, 5.41) is 12.1. The smallest absolute Gasteiger partial charge is 0.285 e. The lowest BCUT2D eigenvalue weighted by Gasteiger charge is -2.36. The number of amides is 1. The maximum Gasteiger partial charge on any atom is 0.285 e. The monoisotopic (exact) mass is 270 g/mol. The van der Waals surface area contributed by atoms with E-state index in [1.807, 2.05) is 25.7 Å². The van der Waals surface area contributed by atoms with Crippen LogP contribution in [0.2, 0.25) is 0 Å². The summed E-state index contributed by atoms with van der Waals surface area (Å²) in [4.78, 5) is 14.1. The number of ether oxygens (including phenoxy) is 1. The van der Waals surface area contributed by atoms with E-state index in [0.717, 1.165) is 6.54 Å². The zero-order chi connectivity index (χ0) is 13.1. The molecule has 0 bridgehead atoms. The van der Waals surface area contributed by atoms with Crippen LogP contribution in [0.3, 0.4) is 0 Å². The molecule has 2 rings (SSSR count). The SMILES string of the molecule is CCNc1nnc(C(=O)N2CC(C)OCC2C)s1. The summed E-state index contributed by atoms with van der Waals surface area (Å²) in [6.07, 6.45) is 0.0753. The maximum atomic E-state index is 12.3. The van der Waals surface area contributed by atoms with Crippen LogP contribution in [0.1, 0.15) is 30.6 Å². The van der Waals surface area contributed by atoms with Gasteiger partial charge in [0.2, 0.25) is 10.1 Å². The van der Waals surface area contributed by atoms with Gasteiger partial charge in [-0.1, -0.05) is 11.3 Å². The minimum Gasteiger partial charge on any atom is -0.375 e. The molecule has 0 spiro atoms. The van der Waals surface area contributed by atoms with Crippen molar-refractivity contribution in [3.8, 4) is 0 Å². The summed E-state index contributed by atoms with van der Waals surface area (Å²) in [5.41, 5.74) is 0. The van der Waals surface area contributed by atoms with Gasteiger partial charge < -0.3 is 15.0 Å². The van der Waals surface area contributed by atoms with E-state index in [2.05, 4.69) is 15.5 Å². The van der Waals surface area contributed by atoms with E-state index in [1.54, 1.807) is 0 Å². The topological polar surface area (TPSA) is 67.4 Å². The summed E-state index contributed by atoms with van der Waals surface area (Å²) in [6.45, 7) is 7.89. The van der Waals surface area contributed by atoms with Crippen molar-refractivity contribution in [2.45, 2.75) is 32.9 Å². The first-order chi connectivity index (χ1) is 8.61. The van der Waals surface area contributed by atoms with Gasteiger partial charge in [-0.2, -0.15) is 0 Å². The highest BCUT2D eigenvalue weighted by Crippen LogP contribution is 2.20. The predicted octanol–water partition coefficient (Wildman–Crippen LogP) is 1.22. The first-order valence-electron chi connectivity index (χ1n) is 6.11. The van der Waals surface area contributed by atoms with Gasteiger partial charge in [-0.25, -0.2) is 0 Å². The van der Waals surface area contributed by atoms with Crippen molar-refractivity contribution in [3.05, 3.63) is 5.01 Å². The highest BCUT2D eigenvalue weighted by atomic mass is 32.1. The lowest BCUT2D eigenvalue weighted by atomic mass is 10.2. The van der Waals surface area contributed by atoms with Crippen LogP contribution in [0.15, 0.2) is 0 Å². The molecular formula is C11H18N4O2S. The van der Waals surface area contributed by atoms with Crippen LogP contribution in [0, 0.1) is 0 Å². The van der Waals surface area contributed by atoms with Crippen molar-refractivity contribution in [3.63, 3.8) is 0 Å². The Labute approximate surface area is 110 Å². The fourth-order valence-corrected chi connectivity index (χ4v) is 2.61. The quantitative estimate of drug-likeness (QED) is 0.894. The molecule has 1 aliphatic rings. The molecule has 2 atom stereocenters. The average molecular weight is 270 g/mol. The van der Waals surface area contributed by atoms with Crippen molar-refractivity contribution < 1.29 is 9.53 Å². The summed E-state index contributed by atoms with van der Waals surface area (Å²) >= 11 is 1.30. The molecule has 0 aromatic carbocycles. The van der Waals surface area contributed by atoms with Crippen molar-refractivity contribution in [2.75, 3.05) is 25.0 Å². The van der Waals surface area contributed by atoms with E-state index in [4.69, 9.17) is 4.74 Å². The van der Waals surface area contributed by atoms with Gasteiger partial charge >= 0.3 is 0 Å². The first-order valence-corrected chi connectivity index (χ1v) is 6.93. The third-order valence-electron chi connectivity index (χ3n) is 2.80. The van der Waals surface area contributed by atoms with Gasteiger partial charge in [0.05, 0.1) is 18.8 Å². The van der Waals surface area contributed by atoms with Crippen molar-refractivity contribution >= 4 is 22.4 Å². The van der Waals surface area contributed by atoms with Crippen molar-refractivity contribution in [1.82, 2.24) is 15.1 Å². The Morgan fingerprint density at radius 2 is 2.33 bits per heavy atom. The number of anilines is 1. The number of nitrogens with one attached hydrogen (secondary N) is 1. The lowest BCUT2D eigenvalue weighted by Crippen LogP contribution is -2.50. The third-order valence-corrected chi connectivity index (χ3v) is 3.67. The molecule has 7 heteroatoms. The zero-order valence-electron chi connectivity index (χ0n) is 10.8. The first kappa shape index (κ1) is 13.2. The zero-order valence-corrected chi connectivity index (χ0v) is 11.7. The van der Waals surface area contributed by atoms with E-state index < -0.39 is 0 Å². The number of hydrogen-bond donors (Lipinski definition) is 1. The predicted molar refractivity (Wildman–Crippen MR) is 70.0 cm³/mol. The Morgan fingerprint density at radius 1 is 1.56 bits per heavy atom. The largest absolute Gasteiger partial charge is 0.375 e. The Bertz CT molecular complexity index is 423. The summed E-state index contributed by atoms with van der Waals surface area (Å²) in [5.74, 6) is -0.0562. The van der Waals surface area contributed by atoms with Gasteiger partial charge in [-0.15, -0.1) is 10.2 Å². The number of carbonyl (C=O) groups excluding carboxylic acids is 1. The molecule has 0 radical (unpaired) electrons. The van der Waals surface area contributed by atoms with Gasteiger partial charge in [0.25, 0.3) is 5.91 Å². The lowest BCUT2D eigenvalue weighted by molar-refractivity contribution is -0.0387. The minimum atomic E-state index is -0.0562. The molecule has 6 nitrogen and oxygen atoms in total. The minimum absolute atomic E-state index is 0.0562. The van der Waals surface area contributed by atoms with E-state index in [9.17, 15) is 4.79 Å². The van der Waals surface area contributed by atoms with Crippen LogP contribution in [-0.2, 0) is 4.74 Å². The second-order valence-corrected chi connectivity index (χ2v) is 5.37. The van der Waals surface area contributed by atoms with Crippen LogP contribution in [-0.4, -0.2) is 52.8 Å². The van der Waals surface area contributed by atoms with Crippen LogP contribution in [0.5, 0.6) is 0 Å². The molecule has 1 saturated heterocycles. The molecule has 1 aromatic rings.